The third-order valence-corrected chi connectivity index (χ3v) is 1.46. The highest BCUT2D eigenvalue weighted by Crippen LogP contribution is 1.94. The molecule has 0 saturated heterocycles. The van der Waals surface area contributed by atoms with E-state index in [2.05, 4.69) is 5.32 Å². The molecule has 0 aromatic rings. The van der Waals surface area contributed by atoms with E-state index in [1.54, 1.807) is 0 Å². The summed E-state index contributed by atoms with van der Waals surface area (Å²) >= 11 is 0. The lowest BCUT2D eigenvalue weighted by Crippen LogP contribution is -2.34. The van der Waals surface area contributed by atoms with Crippen LogP contribution in [-0.4, -0.2) is 17.9 Å². The lowest BCUT2D eigenvalue weighted by atomic mass is 10.2. The molecule has 0 aromatic carbocycles. The maximum atomic E-state index is 10.9. The first-order chi connectivity index (χ1) is 5.56. The lowest BCUT2D eigenvalue weighted by Gasteiger charge is -2.11. The Kier molecular flexibility index (Phi) is 5.08. The first kappa shape index (κ1) is 10.9. The molecule has 12 heavy (non-hydrogen) atoms. The molecule has 70 valence electrons. The molecule has 0 fully saturated rings. The summed E-state index contributed by atoms with van der Waals surface area (Å²) in [6.45, 7) is 3.94. The minimum Gasteiger partial charge on any atom is -0.369 e. The minimum absolute atomic E-state index is 0.127. The lowest BCUT2D eigenvalue weighted by molar-refractivity contribution is -0.128. The van der Waals surface area contributed by atoms with Crippen LogP contribution in [0.2, 0.25) is 0 Å². The van der Waals surface area contributed by atoms with Crippen molar-refractivity contribution in [2.45, 2.75) is 39.2 Å². The van der Waals surface area contributed by atoms with Crippen LogP contribution in [0.5, 0.6) is 0 Å². The van der Waals surface area contributed by atoms with Gasteiger partial charge in [0.15, 0.2) is 0 Å². The Morgan fingerprint density at radius 1 is 1.50 bits per heavy atom. The highest BCUT2D eigenvalue weighted by atomic mass is 16.2. The fourth-order valence-corrected chi connectivity index (χ4v) is 0.989. The molecule has 4 heteroatoms. The monoisotopic (exact) mass is 172 g/mol. The molecule has 1 unspecified atom stereocenters. The van der Waals surface area contributed by atoms with Gasteiger partial charge in [-0.05, 0) is 13.3 Å². The van der Waals surface area contributed by atoms with E-state index in [0.717, 1.165) is 12.8 Å². The average Bonchev–Trinajstić information content (AvgIpc) is 1.84. The zero-order valence-electron chi connectivity index (χ0n) is 7.59. The first-order valence-electron chi connectivity index (χ1n) is 4.14. The molecule has 0 bridgehead atoms. The maximum absolute atomic E-state index is 10.9. The van der Waals surface area contributed by atoms with Crippen molar-refractivity contribution in [3.63, 3.8) is 0 Å². The van der Waals surface area contributed by atoms with Crippen molar-refractivity contribution in [1.82, 2.24) is 5.32 Å². The van der Waals surface area contributed by atoms with Crippen molar-refractivity contribution in [1.29, 1.82) is 0 Å². The van der Waals surface area contributed by atoms with E-state index in [1.807, 2.05) is 13.8 Å². The van der Waals surface area contributed by atoms with Crippen LogP contribution in [0.3, 0.4) is 0 Å². The molecule has 0 aliphatic carbocycles. The van der Waals surface area contributed by atoms with Gasteiger partial charge < -0.3 is 11.1 Å². The molecule has 0 aliphatic heterocycles. The van der Waals surface area contributed by atoms with Gasteiger partial charge in [-0.15, -0.1) is 0 Å². The zero-order valence-corrected chi connectivity index (χ0v) is 7.59. The second kappa shape index (κ2) is 5.57. The predicted octanol–water partition coefficient (Wildman–Crippen LogP) is 0.167. The van der Waals surface area contributed by atoms with Gasteiger partial charge in [0.2, 0.25) is 11.8 Å². The van der Waals surface area contributed by atoms with Gasteiger partial charge in [0, 0.05) is 6.04 Å². The van der Waals surface area contributed by atoms with Crippen molar-refractivity contribution in [3.05, 3.63) is 0 Å². The van der Waals surface area contributed by atoms with E-state index in [4.69, 9.17) is 5.73 Å². The normalized spacial score (nSPS) is 12.2. The van der Waals surface area contributed by atoms with Crippen molar-refractivity contribution in [2.24, 2.45) is 5.73 Å². The maximum Gasteiger partial charge on any atom is 0.229 e. The van der Waals surface area contributed by atoms with E-state index >= 15 is 0 Å². The van der Waals surface area contributed by atoms with E-state index in [0.29, 0.717) is 0 Å². The second-order valence-corrected chi connectivity index (χ2v) is 2.90. The van der Waals surface area contributed by atoms with Crippen LogP contribution in [0.25, 0.3) is 0 Å². The number of carbonyl (C=O) groups excluding carboxylic acids is 2. The van der Waals surface area contributed by atoms with Crippen LogP contribution in [0.4, 0.5) is 0 Å². The Labute approximate surface area is 72.5 Å². The minimum atomic E-state index is -0.587. The Bertz CT molecular complexity index is 168. The average molecular weight is 172 g/mol. The van der Waals surface area contributed by atoms with Crippen molar-refractivity contribution in [3.8, 4) is 0 Å². The van der Waals surface area contributed by atoms with Gasteiger partial charge in [-0.3, -0.25) is 9.59 Å². The molecule has 4 nitrogen and oxygen atoms in total. The molecule has 0 heterocycles. The summed E-state index contributed by atoms with van der Waals surface area (Å²) in [6.07, 6.45) is 1.72. The van der Waals surface area contributed by atoms with Gasteiger partial charge in [0.1, 0.15) is 6.42 Å². The van der Waals surface area contributed by atoms with Crippen LogP contribution >= 0.6 is 0 Å². The molecular weight excluding hydrogens is 156 g/mol. The number of nitrogens with one attached hydrogen (secondary N) is 1. The number of hydrogen-bond acceptors (Lipinski definition) is 2. The predicted molar refractivity (Wildman–Crippen MR) is 46.3 cm³/mol. The number of rotatable bonds is 5. The van der Waals surface area contributed by atoms with E-state index in [1.165, 1.54) is 0 Å². The summed E-state index contributed by atoms with van der Waals surface area (Å²) in [5.41, 5.74) is 4.84. The van der Waals surface area contributed by atoms with E-state index in [-0.39, 0.29) is 18.4 Å². The Morgan fingerprint density at radius 3 is 2.50 bits per heavy atom. The topological polar surface area (TPSA) is 72.2 Å². The van der Waals surface area contributed by atoms with E-state index in [9.17, 15) is 9.59 Å². The molecule has 3 N–H and O–H groups in total. The standard InChI is InChI=1S/C8H16N2O2/c1-3-4-6(2)10-8(12)5-7(9)11/h6H,3-5H2,1-2H3,(H2,9,11)(H,10,12). The van der Waals surface area contributed by atoms with Gasteiger partial charge in [-0.2, -0.15) is 0 Å². The van der Waals surface area contributed by atoms with Crippen LogP contribution in [0, 0.1) is 0 Å². The van der Waals surface area contributed by atoms with Crippen LogP contribution < -0.4 is 11.1 Å². The third-order valence-electron chi connectivity index (χ3n) is 1.46. The molecule has 0 spiro atoms. The largest absolute Gasteiger partial charge is 0.369 e. The van der Waals surface area contributed by atoms with Crippen molar-refractivity contribution < 1.29 is 9.59 Å². The Morgan fingerprint density at radius 2 is 2.08 bits per heavy atom. The summed E-state index contributed by atoms with van der Waals surface area (Å²) in [5.74, 6) is -0.875. The van der Waals surface area contributed by atoms with Gasteiger partial charge in [0.05, 0.1) is 0 Å². The van der Waals surface area contributed by atoms with Crippen molar-refractivity contribution >= 4 is 11.8 Å². The van der Waals surface area contributed by atoms with Crippen molar-refractivity contribution in [2.75, 3.05) is 0 Å². The SMILES string of the molecule is CCCC(C)NC(=O)CC(N)=O. The summed E-state index contributed by atoms with van der Waals surface area (Å²) in [5, 5.41) is 2.67. The summed E-state index contributed by atoms with van der Waals surface area (Å²) < 4.78 is 0. The number of amides is 2. The third kappa shape index (κ3) is 5.70. The van der Waals surface area contributed by atoms with Crippen LogP contribution in [-0.2, 0) is 9.59 Å². The smallest absolute Gasteiger partial charge is 0.229 e. The molecule has 2 amide bonds. The highest BCUT2D eigenvalue weighted by molar-refractivity contribution is 5.96. The second-order valence-electron chi connectivity index (χ2n) is 2.90. The summed E-state index contributed by atoms with van der Waals surface area (Å²) in [4.78, 5) is 21.2. The van der Waals surface area contributed by atoms with E-state index < -0.39 is 5.91 Å². The highest BCUT2D eigenvalue weighted by Gasteiger charge is 2.08. The molecule has 0 aliphatic rings. The first-order valence-corrected chi connectivity index (χ1v) is 4.14. The molecule has 0 aromatic heterocycles. The Hall–Kier alpha value is -1.06. The van der Waals surface area contributed by atoms with Gasteiger partial charge in [-0.1, -0.05) is 13.3 Å². The molecule has 1 atom stereocenters. The Balaban J connectivity index is 3.61. The molecule has 0 rings (SSSR count). The number of primary amides is 1. The molecule has 0 saturated carbocycles. The fraction of sp³-hybridized carbons (Fsp3) is 0.750. The quantitative estimate of drug-likeness (QED) is 0.580. The zero-order chi connectivity index (χ0) is 9.56. The van der Waals surface area contributed by atoms with Crippen LogP contribution in [0.1, 0.15) is 33.1 Å². The molecular formula is C8H16N2O2. The fourth-order valence-electron chi connectivity index (χ4n) is 0.989. The number of carbonyl (C=O) groups is 2. The van der Waals surface area contributed by atoms with Gasteiger partial charge >= 0.3 is 0 Å². The number of hydrogen-bond donors (Lipinski definition) is 2. The molecule has 0 radical (unpaired) electrons. The summed E-state index contributed by atoms with van der Waals surface area (Å²) in [6, 6.07) is 0.127. The summed E-state index contributed by atoms with van der Waals surface area (Å²) in [7, 11) is 0. The van der Waals surface area contributed by atoms with Gasteiger partial charge in [-0.25, -0.2) is 0 Å². The van der Waals surface area contributed by atoms with Gasteiger partial charge in [0.25, 0.3) is 0 Å². The van der Waals surface area contributed by atoms with Crippen LogP contribution in [0.15, 0.2) is 0 Å². The number of nitrogens with two attached hydrogens (primary N) is 1.